The highest BCUT2D eigenvalue weighted by atomic mass is 16.5. The van der Waals surface area contributed by atoms with Gasteiger partial charge in [-0.25, -0.2) is 0 Å². The van der Waals surface area contributed by atoms with E-state index in [-0.39, 0.29) is 26.4 Å². The summed E-state index contributed by atoms with van der Waals surface area (Å²) in [5.74, 6) is 0. The van der Waals surface area contributed by atoms with Gasteiger partial charge in [0.15, 0.2) is 0 Å². The van der Waals surface area contributed by atoms with Crippen LogP contribution in [-0.2, 0) is 4.74 Å². The molecule has 0 aromatic carbocycles. The molecule has 120 valence electrons. The largest absolute Gasteiger partial charge is 0.394 e. The SMILES string of the molecule is C=CC.C=CC.CCOCC.OCCO.OCCO. The molecule has 0 saturated carbocycles. The first kappa shape index (κ1) is 31.0. The van der Waals surface area contributed by atoms with Crippen LogP contribution in [0, 0.1) is 0 Å². The molecule has 0 aliphatic rings. The molecule has 0 aliphatic heterocycles. The number of aliphatic hydroxyl groups is 4. The molecule has 0 fully saturated rings. The van der Waals surface area contributed by atoms with E-state index in [0.717, 1.165) is 13.2 Å². The van der Waals surface area contributed by atoms with Gasteiger partial charge in [-0.2, -0.15) is 0 Å². The molecule has 19 heavy (non-hydrogen) atoms. The van der Waals surface area contributed by atoms with Gasteiger partial charge in [-0.1, -0.05) is 12.2 Å². The normalized spacial score (nSPS) is 6.74. The molecule has 0 radical (unpaired) electrons. The molecule has 0 heterocycles. The van der Waals surface area contributed by atoms with Gasteiger partial charge >= 0.3 is 0 Å². The summed E-state index contributed by atoms with van der Waals surface area (Å²) in [6.45, 7) is 15.7. The number of ether oxygens (including phenoxy) is 1. The molecule has 4 N–H and O–H groups in total. The monoisotopic (exact) mass is 282 g/mol. The Hall–Kier alpha value is -0.720. The fourth-order valence-electron chi connectivity index (χ4n) is 0.204. The first-order chi connectivity index (χ1) is 9.07. The lowest BCUT2D eigenvalue weighted by atomic mass is 10.8. The van der Waals surface area contributed by atoms with Crippen LogP contribution in [0.1, 0.15) is 27.7 Å². The minimum Gasteiger partial charge on any atom is -0.394 e. The van der Waals surface area contributed by atoms with Gasteiger partial charge in [0.1, 0.15) is 0 Å². The van der Waals surface area contributed by atoms with Crippen molar-refractivity contribution in [2.75, 3.05) is 39.6 Å². The van der Waals surface area contributed by atoms with E-state index in [9.17, 15) is 0 Å². The average molecular weight is 282 g/mol. The van der Waals surface area contributed by atoms with Crippen molar-refractivity contribution in [2.24, 2.45) is 0 Å². The first-order valence-corrected chi connectivity index (χ1v) is 6.23. The highest BCUT2D eigenvalue weighted by molar-refractivity contribution is 4.51. The molecule has 0 saturated heterocycles. The predicted molar refractivity (Wildman–Crippen MR) is 82.3 cm³/mol. The Morgan fingerprint density at radius 2 is 0.895 bits per heavy atom. The van der Waals surface area contributed by atoms with E-state index in [0.29, 0.717) is 0 Å². The van der Waals surface area contributed by atoms with Crippen LogP contribution in [0.4, 0.5) is 0 Å². The fraction of sp³-hybridized carbons (Fsp3) is 0.714. The molecule has 0 amide bonds. The van der Waals surface area contributed by atoms with Crippen molar-refractivity contribution in [1.29, 1.82) is 0 Å². The van der Waals surface area contributed by atoms with Crippen LogP contribution in [0.25, 0.3) is 0 Å². The summed E-state index contributed by atoms with van der Waals surface area (Å²) in [7, 11) is 0. The zero-order chi connectivity index (χ0) is 16.4. The van der Waals surface area contributed by atoms with Crippen LogP contribution in [0.5, 0.6) is 0 Å². The lowest BCUT2D eigenvalue weighted by Gasteiger charge is -1.86. The van der Waals surface area contributed by atoms with Crippen molar-refractivity contribution < 1.29 is 25.2 Å². The smallest absolute Gasteiger partial charge is 0.0662 e. The van der Waals surface area contributed by atoms with Gasteiger partial charge in [0.2, 0.25) is 0 Å². The number of hydrogen-bond donors (Lipinski definition) is 4. The molecule has 0 aliphatic carbocycles. The molecule has 0 aromatic heterocycles. The second-order valence-corrected chi connectivity index (χ2v) is 2.49. The maximum Gasteiger partial charge on any atom is 0.0662 e. The Morgan fingerprint density at radius 3 is 0.895 bits per heavy atom. The highest BCUT2D eigenvalue weighted by Gasteiger charge is 1.64. The lowest BCUT2D eigenvalue weighted by Crippen LogP contribution is -1.85. The van der Waals surface area contributed by atoms with E-state index in [2.05, 4.69) is 13.2 Å². The van der Waals surface area contributed by atoms with E-state index < -0.39 is 0 Å². The molecular formula is C14H34O5. The van der Waals surface area contributed by atoms with Crippen molar-refractivity contribution in [1.82, 2.24) is 0 Å². The van der Waals surface area contributed by atoms with Gasteiger partial charge in [0, 0.05) is 13.2 Å². The van der Waals surface area contributed by atoms with Crippen molar-refractivity contribution in [3.63, 3.8) is 0 Å². The summed E-state index contributed by atoms with van der Waals surface area (Å²) in [5.41, 5.74) is 0. The van der Waals surface area contributed by atoms with Gasteiger partial charge < -0.3 is 25.2 Å². The second kappa shape index (κ2) is 66.8. The first-order valence-electron chi connectivity index (χ1n) is 6.23. The molecule has 5 nitrogen and oxygen atoms in total. The summed E-state index contributed by atoms with van der Waals surface area (Å²) in [5, 5.41) is 30.5. The third-order valence-electron chi connectivity index (χ3n) is 0.608. The molecular weight excluding hydrogens is 248 g/mol. The third-order valence-corrected chi connectivity index (χ3v) is 0.608. The molecule has 0 bridgehead atoms. The third kappa shape index (κ3) is 375. The van der Waals surface area contributed by atoms with Gasteiger partial charge in [-0.15, -0.1) is 13.2 Å². The Labute approximate surface area is 118 Å². The summed E-state index contributed by atoms with van der Waals surface area (Å²) in [4.78, 5) is 0. The van der Waals surface area contributed by atoms with Gasteiger partial charge in [0.05, 0.1) is 26.4 Å². The second-order valence-electron chi connectivity index (χ2n) is 2.49. The van der Waals surface area contributed by atoms with Crippen LogP contribution in [0.2, 0.25) is 0 Å². The molecule has 5 heteroatoms. The van der Waals surface area contributed by atoms with Crippen molar-refractivity contribution in [2.45, 2.75) is 27.7 Å². The van der Waals surface area contributed by atoms with E-state index in [4.69, 9.17) is 25.2 Å². The Kier molecular flexibility index (Phi) is 109. The quantitative estimate of drug-likeness (QED) is 0.585. The minimum absolute atomic E-state index is 0.125. The zero-order valence-electron chi connectivity index (χ0n) is 13.0. The zero-order valence-corrected chi connectivity index (χ0v) is 13.0. The van der Waals surface area contributed by atoms with Crippen molar-refractivity contribution in [3.8, 4) is 0 Å². The van der Waals surface area contributed by atoms with Crippen molar-refractivity contribution in [3.05, 3.63) is 25.3 Å². The van der Waals surface area contributed by atoms with E-state index in [1.807, 2.05) is 27.7 Å². The molecule has 0 spiro atoms. The van der Waals surface area contributed by atoms with Gasteiger partial charge in [-0.05, 0) is 27.7 Å². The fourth-order valence-corrected chi connectivity index (χ4v) is 0.204. The van der Waals surface area contributed by atoms with Crippen molar-refractivity contribution >= 4 is 0 Å². The Bertz CT molecular complexity index is 92.0. The lowest BCUT2D eigenvalue weighted by molar-refractivity contribution is 0.162. The van der Waals surface area contributed by atoms with Crippen LogP contribution in [0.3, 0.4) is 0 Å². The molecule has 0 atom stereocenters. The maximum atomic E-state index is 7.62. The van der Waals surface area contributed by atoms with Crippen LogP contribution < -0.4 is 0 Å². The van der Waals surface area contributed by atoms with Gasteiger partial charge in [-0.3, -0.25) is 0 Å². The summed E-state index contributed by atoms with van der Waals surface area (Å²) < 4.78 is 4.83. The standard InChI is InChI=1S/C4H10O.2C3H6.2C2H6O2/c1-3-5-4-2;2*1-3-2;2*3-1-2-4/h3-4H2,1-2H3;2*3H,1H2,2H3;2*3-4H,1-2H2. The van der Waals surface area contributed by atoms with E-state index >= 15 is 0 Å². The number of rotatable bonds is 4. The maximum absolute atomic E-state index is 7.62. The number of hydrogen-bond acceptors (Lipinski definition) is 5. The van der Waals surface area contributed by atoms with Crippen LogP contribution in [0.15, 0.2) is 25.3 Å². The number of aliphatic hydroxyl groups excluding tert-OH is 4. The molecule has 0 rings (SSSR count). The van der Waals surface area contributed by atoms with Crippen LogP contribution in [-0.4, -0.2) is 60.1 Å². The Morgan fingerprint density at radius 1 is 0.737 bits per heavy atom. The minimum atomic E-state index is -0.125. The Balaban J connectivity index is -0.0000000437. The summed E-state index contributed by atoms with van der Waals surface area (Å²) in [6, 6.07) is 0. The van der Waals surface area contributed by atoms with Crippen LogP contribution >= 0.6 is 0 Å². The predicted octanol–water partition coefficient (Wildman–Crippen LogP) is 1.37. The summed E-state index contributed by atoms with van der Waals surface area (Å²) in [6.07, 6.45) is 3.50. The van der Waals surface area contributed by atoms with E-state index in [1.54, 1.807) is 12.2 Å². The molecule has 0 unspecified atom stereocenters. The summed E-state index contributed by atoms with van der Waals surface area (Å²) >= 11 is 0. The van der Waals surface area contributed by atoms with E-state index in [1.165, 1.54) is 0 Å². The van der Waals surface area contributed by atoms with Gasteiger partial charge in [0.25, 0.3) is 0 Å². The highest BCUT2D eigenvalue weighted by Crippen LogP contribution is 1.64. The number of allylic oxidation sites excluding steroid dienone is 2. The molecule has 0 aromatic rings. The topological polar surface area (TPSA) is 90.2 Å². The average Bonchev–Trinajstić information content (AvgIpc) is 2.42.